The van der Waals surface area contributed by atoms with Gasteiger partial charge in [0.1, 0.15) is 0 Å². The molecule has 0 amide bonds. The number of benzene rings is 1. The fourth-order valence-corrected chi connectivity index (χ4v) is 1.74. The van der Waals surface area contributed by atoms with E-state index < -0.39 is 0 Å². The highest BCUT2D eigenvalue weighted by atomic mass is 14.9. The molecule has 4 nitrogen and oxygen atoms in total. The molecule has 4 heteroatoms. The topological polar surface area (TPSA) is 56.5 Å². The van der Waals surface area contributed by atoms with Crippen LogP contribution in [0.1, 0.15) is 5.69 Å². The number of hydrogen-bond acceptors (Lipinski definition) is 2. The summed E-state index contributed by atoms with van der Waals surface area (Å²) in [5, 5.41) is 4.56. The van der Waals surface area contributed by atoms with Crippen LogP contribution in [0, 0.1) is 0 Å². The number of aromatic amines is 2. The molecular formula is C12H12N4. The molecule has 0 aliphatic rings. The molecule has 2 aromatic heterocycles. The van der Waals surface area contributed by atoms with Crippen molar-refractivity contribution in [2.45, 2.75) is 6.54 Å². The molecule has 0 saturated carbocycles. The van der Waals surface area contributed by atoms with Crippen LogP contribution in [0.5, 0.6) is 0 Å². The van der Waals surface area contributed by atoms with Crippen LogP contribution in [0.25, 0.3) is 10.9 Å². The molecule has 0 aliphatic carbocycles. The molecule has 0 fully saturated rings. The van der Waals surface area contributed by atoms with Gasteiger partial charge in [-0.1, -0.05) is 0 Å². The van der Waals surface area contributed by atoms with E-state index in [9.17, 15) is 0 Å². The Bertz CT molecular complexity index is 580. The molecule has 3 N–H and O–H groups in total. The minimum Gasteiger partial charge on any atom is -0.379 e. The van der Waals surface area contributed by atoms with Crippen LogP contribution in [-0.2, 0) is 6.54 Å². The second-order valence-corrected chi connectivity index (χ2v) is 3.71. The first-order valence-electron chi connectivity index (χ1n) is 5.20. The van der Waals surface area contributed by atoms with Gasteiger partial charge in [-0.3, -0.25) is 0 Å². The van der Waals surface area contributed by atoms with E-state index in [1.165, 1.54) is 5.39 Å². The number of nitrogens with zero attached hydrogens (tertiary/aromatic N) is 1. The van der Waals surface area contributed by atoms with Crippen LogP contribution in [0.3, 0.4) is 0 Å². The van der Waals surface area contributed by atoms with Crippen LogP contribution in [0.4, 0.5) is 5.69 Å². The SMILES string of the molecule is c1ncc(CNc2ccc3[nH]ccc3c2)[nH]1. The Labute approximate surface area is 92.7 Å². The van der Waals surface area contributed by atoms with Crippen molar-refractivity contribution in [3.05, 3.63) is 48.7 Å². The van der Waals surface area contributed by atoms with Gasteiger partial charge in [-0.2, -0.15) is 0 Å². The summed E-state index contributed by atoms with van der Waals surface area (Å²) in [5.41, 5.74) is 3.35. The lowest BCUT2D eigenvalue weighted by Gasteiger charge is -2.04. The fraction of sp³-hybridized carbons (Fsp3) is 0.0833. The molecule has 0 radical (unpaired) electrons. The van der Waals surface area contributed by atoms with E-state index in [0.717, 1.165) is 23.4 Å². The lowest BCUT2D eigenvalue weighted by Crippen LogP contribution is -1.99. The molecule has 0 unspecified atom stereocenters. The first-order valence-corrected chi connectivity index (χ1v) is 5.20. The first-order chi connectivity index (χ1) is 7.92. The van der Waals surface area contributed by atoms with Gasteiger partial charge in [-0.15, -0.1) is 0 Å². The number of rotatable bonds is 3. The summed E-state index contributed by atoms with van der Waals surface area (Å²) in [6.07, 6.45) is 5.46. The first kappa shape index (κ1) is 9.03. The van der Waals surface area contributed by atoms with Gasteiger partial charge in [0, 0.05) is 29.0 Å². The summed E-state index contributed by atoms with van der Waals surface area (Å²) >= 11 is 0. The third kappa shape index (κ3) is 1.65. The van der Waals surface area contributed by atoms with Crippen molar-refractivity contribution in [3.63, 3.8) is 0 Å². The Kier molecular flexibility index (Phi) is 2.11. The maximum absolute atomic E-state index is 3.98. The Morgan fingerprint density at radius 1 is 1.19 bits per heavy atom. The van der Waals surface area contributed by atoms with Crippen LogP contribution < -0.4 is 5.32 Å². The highest BCUT2D eigenvalue weighted by Gasteiger charge is 1.97. The average Bonchev–Trinajstić information content (AvgIpc) is 2.97. The molecule has 0 bridgehead atoms. The van der Waals surface area contributed by atoms with Crippen LogP contribution in [0.15, 0.2) is 43.0 Å². The van der Waals surface area contributed by atoms with Crippen molar-refractivity contribution in [1.82, 2.24) is 15.0 Å². The number of hydrogen-bond donors (Lipinski definition) is 3. The summed E-state index contributed by atoms with van der Waals surface area (Å²) in [7, 11) is 0. The Morgan fingerprint density at radius 2 is 2.19 bits per heavy atom. The Balaban J connectivity index is 1.78. The second-order valence-electron chi connectivity index (χ2n) is 3.71. The zero-order valence-electron chi connectivity index (χ0n) is 8.70. The summed E-state index contributed by atoms with van der Waals surface area (Å²) in [6, 6.07) is 8.33. The minimum atomic E-state index is 0.760. The lowest BCUT2D eigenvalue weighted by molar-refractivity contribution is 1.07. The van der Waals surface area contributed by atoms with Crippen molar-refractivity contribution in [3.8, 4) is 0 Å². The van der Waals surface area contributed by atoms with E-state index in [1.54, 1.807) is 6.33 Å². The number of aromatic nitrogens is 3. The number of imidazole rings is 1. The molecule has 0 atom stereocenters. The largest absolute Gasteiger partial charge is 0.379 e. The summed E-state index contributed by atoms with van der Waals surface area (Å²) in [4.78, 5) is 10.2. The number of fused-ring (bicyclic) bond motifs is 1. The molecule has 3 rings (SSSR count). The molecule has 16 heavy (non-hydrogen) atoms. The maximum atomic E-state index is 3.98. The predicted octanol–water partition coefficient (Wildman–Crippen LogP) is 2.50. The van der Waals surface area contributed by atoms with Crippen molar-refractivity contribution >= 4 is 16.6 Å². The predicted molar refractivity (Wildman–Crippen MR) is 64.2 cm³/mol. The molecule has 1 aromatic carbocycles. The van der Waals surface area contributed by atoms with Gasteiger partial charge in [-0.25, -0.2) is 4.98 Å². The average molecular weight is 212 g/mol. The van der Waals surface area contributed by atoms with Gasteiger partial charge < -0.3 is 15.3 Å². The minimum absolute atomic E-state index is 0.760. The summed E-state index contributed by atoms with van der Waals surface area (Å²) < 4.78 is 0. The monoisotopic (exact) mass is 212 g/mol. The molecule has 0 saturated heterocycles. The van der Waals surface area contributed by atoms with Crippen LogP contribution in [-0.4, -0.2) is 15.0 Å². The van der Waals surface area contributed by atoms with Crippen molar-refractivity contribution in [2.24, 2.45) is 0 Å². The van der Waals surface area contributed by atoms with Gasteiger partial charge in [-0.05, 0) is 24.3 Å². The zero-order chi connectivity index (χ0) is 10.8. The second kappa shape index (κ2) is 3.73. The highest BCUT2D eigenvalue weighted by Crippen LogP contribution is 2.18. The van der Waals surface area contributed by atoms with Crippen LogP contribution in [0.2, 0.25) is 0 Å². The van der Waals surface area contributed by atoms with Crippen molar-refractivity contribution in [1.29, 1.82) is 0 Å². The molecule has 0 spiro atoms. The zero-order valence-corrected chi connectivity index (χ0v) is 8.70. The number of nitrogens with one attached hydrogen (secondary N) is 3. The van der Waals surface area contributed by atoms with E-state index in [0.29, 0.717) is 0 Å². The van der Waals surface area contributed by atoms with E-state index in [4.69, 9.17) is 0 Å². The normalized spacial score (nSPS) is 10.8. The Morgan fingerprint density at radius 3 is 3.06 bits per heavy atom. The van der Waals surface area contributed by atoms with Gasteiger partial charge in [0.15, 0.2) is 0 Å². The third-order valence-electron chi connectivity index (χ3n) is 2.59. The Hall–Kier alpha value is -2.23. The smallest absolute Gasteiger partial charge is 0.0922 e. The van der Waals surface area contributed by atoms with Gasteiger partial charge in [0.05, 0.1) is 18.6 Å². The molecule has 80 valence electrons. The van der Waals surface area contributed by atoms with Crippen LogP contribution >= 0.6 is 0 Å². The molecule has 0 aliphatic heterocycles. The van der Waals surface area contributed by atoms with Gasteiger partial charge >= 0.3 is 0 Å². The van der Waals surface area contributed by atoms with Crippen molar-refractivity contribution < 1.29 is 0 Å². The number of anilines is 1. The van der Waals surface area contributed by atoms with E-state index in [2.05, 4.69) is 44.5 Å². The lowest BCUT2D eigenvalue weighted by atomic mass is 10.2. The highest BCUT2D eigenvalue weighted by molar-refractivity contribution is 5.82. The van der Waals surface area contributed by atoms with Gasteiger partial charge in [0.25, 0.3) is 0 Å². The van der Waals surface area contributed by atoms with Crippen molar-refractivity contribution in [2.75, 3.05) is 5.32 Å². The maximum Gasteiger partial charge on any atom is 0.0922 e. The molecule has 3 aromatic rings. The third-order valence-corrected chi connectivity index (χ3v) is 2.59. The van der Waals surface area contributed by atoms with E-state index >= 15 is 0 Å². The standard InChI is InChI=1S/C12H12N4/c1-2-12-9(3-4-14-12)5-10(1)15-7-11-6-13-8-16-11/h1-6,8,14-15H,7H2,(H,13,16). The quantitative estimate of drug-likeness (QED) is 0.624. The molecule has 2 heterocycles. The number of H-pyrrole nitrogens is 2. The molecular weight excluding hydrogens is 200 g/mol. The van der Waals surface area contributed by atoms with Gasteiger partial charge in [0.2, 0.25) is 0 Å². The summed E-state index contributed by atoms with van der Waals surface area (Å²) in [5.74, 6) is 0. The van der Waals surface area contributed by atoms with E-state index in [1.807, 2.05) is 12.4 Å². The van der Waals surface area contributed by atoms with E-state index in [-0.39, 0.29) is 0 Å². The summed E-state index contributed by atoms with van der Waals surface area (Å²) in [6.45, 7) is 0.760. The fourth-order valence-electron chi connectivity index (χ4n) is 1.74.